The standard InChI is InChI=1S/C25H32O6/c1-13(26)28-16-10-15-6-7-17-18(22(15)20(11-16)29-14(2)27)8-9-25(5)19(17)12-21-23(25)31-24(3,4)30-21/h10-11,17-19,21,23H,6-9,12H2,1-5H3/t17-,18-,19-,21-,23-,25-/m0/s1. The number of aryl methyl sites for hydroxylation is 1. The van der Waals surface area contributed by atoms with Crippen LogP contribution in [0.3, 0.4) is 0 Å². The molecule has 31 heavy (non-hydrogen) atoms. The summed E-state index contributed by atoms with van der Waals surface area (Å²) in [6.45, 7) is 9.20. The minimum Gasteiger partial charge on any atom is -0.427 e. The molecule has 3 fully saturated rings. The number of fused-ring (bicyclic) bond motifs is 7. The van der Waals surface area contributed by atoms with E-state index in [-0.39, 0.29) is 29.6 Å². The maximum absolute atomic E-state index is 11.9. The molecule has 6 heteroatoms. The van der Waals surface area contributed by atoms with Crippen LogP contribution in [0.5, 0.6) is 11.5 Å². The summed E-state index contributed by atoms with van der Waals surface area (Å²) in [5, 5.41) is 0. The number of hydrogen-bond acceptors (Lipinski definition) is 6. The van der Waals surface area contributed by atoms with Gasteiger partial charge in [-0.2, -0.15) is 0 Å². The summed E-state index contributed by atoms with van der Waals surface area (Å²) in [4.78, 5) is 23.3. The Hall–Kier alpha value is -1.92. The lowest BCUT2D eigenvalue weighted by Gasteiger charge is -2.50. The minimum atomic E-state index is -0.505. The monoisotopic (exact) mass is 428 g/mol. The summed E-state index contributed by atoms with van der Waals surface area (Å²) in [5.74, 6) is 1.10. The van der Waals surface area contributed by atoms with Crippen molar-refractivity contribution in [1.82, 2.24) is 0 Å². The number of hydrogen-bond donors (Lipinski definition) is 0. The highest BCUT2D eigenvalue weighted by Gasteiger charge is 2.63. The van der Waals surface area contributed by atoms with E-state index in [2.05, 4.69) is 6.92 Å². The third kappa shape index (κ3) is 3.39. The molecule has 3 aliphatic carbocycles. The molecule has 0 radical (unpaired) electrons. The van der Waals surface area contributed by atoms with Gasteiger partial charge in [-0.05, 0) is 80.8 Å². The first-order valence-corrected chi connectivity index (χ1v) is 11.5. The van der Waals surface area contributed by atoms with Crippen molar-refractivity contribution in [2.75, 3.05) is 0 Å². The summed E-state index contributed by atoms with van der Waals surface area (Å²) < 4.78 is 23.6. The Morgan fingerprint density at radius 2 is 1.77 bits per heavy atom. The van der Waals surface area contributed by atoms with Crippen molar-refractivity contribution in [3.05, 3.63) is 23.3 Å². The van der Waals surface area contributed by atoms with Crippen molar-refractivity contribution in [2.45, 2.75) is 90.6 Å². The summed E-state index contributed by atoms with van der Waals surface area (Å²) >= 11 is 0. The lowest BCUT2D eigenvalue weighted by Crippen LogP contribution is -2.45. The van der Waals surface area contributed by atoms with Crippen LogP contribution < -0.4 is 9.47 Å². The summed E-state index contributed by atoms with van der Waals surface area (Å²) in [7, 11) is 0. The smallest absolute Gasteiger partial charge is 0.308 e. The summed E-state index contributed by atoms with van der Waals surface area (Å²) in [5.41, 5.74) is 2.37. The van der Waals surface area contributed by atoms with Crippen LogP contribution in [0.15, 0.2) is 12.1 Å². The zero-order chi connectivity index (χ0) is 22.1. The van der Waals surface area contributed by atoms with Crippen molar-refractivity contribution in [3.63, 3.8) is 0 Å². The van der Waals surface area contributed by atoms with E-state index < -0.39 is 5.79 Å². The Morgan fingerprint density at radius 3 is 2.48 bits per heavy atom. The van der Waals surface area contributed by atoms with Crippen molar-refractivity contribution < 1.29 is 28.5 Å². The van der Waals surface area contributed by atoms with E-state index in [1.54, 1.807) is 6.07 Å². The predicted molar refractivity (Wildman–Crippen MR) is 113 cm³/mol. The van der Waals surface area contributed by atoms with Crippen molar-refractivity contribution in [2.24, 2.45) is 17.3 Å². The van der Waals surface area contributed by atoms with Gasteiger partial charge in [0.15, 0.2) is 5.79 Å². The fraction of sp³-hybridized carbons (Fsp3) is 0.680. The van der Waals surface area contributed by atoms with Crippen molar-refractivity contribution >= 4 is 11.9 Å². The molecule has 2 saturated carbocycles. The fourth-order valence-electron chi connectivity index (χ4n) is 7.08. The zero-order valence-corrected chi connectivity index (χ0v) is 19.0. The predicted octanol–water partition coefficient (Wildman–Crippen LogP) is 4.52. The van der Waals surface area contributed by atoms with E-state index in [0.29, 0.717) is 29.3 Å². The molecule has 6 nitrogen and oxygen atoms in total. The molecule has 0 bridgehead atoms. The Labute approximate surface area is 183 Å². The van der Waals surface area contributed by atoms with Crippen LogP contribution in [0.2, 0.25) is 0 Å². The van der Waals surface area contributed by atoms with E-state index in [0.717, 1.165) is 43.2 Å². The molecule has 0 unspecified atom stereocenters. The third-order valence-electron chi connectivity index (χ3n) is 8.03. The van der Waals surface area contributed by atoms with Crippen LogP contribution in [0.1, 0.15) is 77.3 Å². The molecule has 6 atom stereocenters. The first kappa shape index (κ1) is 21.0. The second-order valence-electron chi connectivity index (χ2n) is 10.5. The van der Waals surface area contributed by atoms with Crippen LogP contribution >= 0.6 is 0 Å². The van der Waals surface area contributed by atoms with E-state index in [1.165, 1.54) is 13.8 Å². The maximum Gasteiger partial charge on any atom is 0.308 e. The van der Waals surface area contributed by atoms with Crippen molar-refractivity contribution in [3.8, 4) is 11.5 Å². The Balaban J connectivity index is 1.50. The normalized spacial score (nSPS) is 37.3. The maximum atomic E-state index is 11.9. The lowest BCUT2D eigenvalue weighted by atomic mass is 9.55. The largest absolute Gasteiger partial charge is 0.427 e. The Bertz CT molecular complexity index is 936. The molecule has 0 amide bonds. The molecule has 1 aromatic rings. The quantitative estimate of drug-likeness (QED) is 0.509. The van der Waals surface area contributed by atoms with Gasteiger partial charge in [-0.25, -0.2) is 0 Å². The van der Waals surface area contributed by atoms with Gasteiger partial charge in [0.2, 0.25) is 0 Å². The average Bonchev–Trinajstić information content (AvgIpc) is 3.10. The number of benzene rings is 1. The van der Waals surface area contributed by atoms with Gasteiger partial charge >= 0.3 is 11.9 Å². The van der Waals surface area contributed by atoms with Crippen LogP contribution in [0.25, 0.3) is 0 Å². The average molecular weight is 429 g/mol. The SMILES string of the molecule is CC(=O)Oc1cc2c(c(OC(C)=O)c1)[C@H]1CC[C@@]3(C)[C@@H](C[C@@H]4OC(C)(C)O[C@@H]43)[C@H]1CC2. The molecule has 1 heterocycles. The molecule has 4 aliphatic rings. The van der Waals surface area contributed by atoms with E-state index >= 15 is 0 Å². The third-order valence-corrected chi connectivity index (χ3v) is 8.03. The molecule has 1 aliphatic heterocycles. The molecule has 168 valence electrons. The molecule has 0 spiro atoms. The van der Waals surface area contributed by atoms with Crippen molar-refractivity contribution in [1.29, 1.82) is 0 Å². The number of esters is 2. The molecular formula is C25H32O6. The van der Waals surface area contributed by atoms with Crippen LogP contribution in [0.4, 0.5) is 0 Å². The first-order chi connectivity index (χ1) is 14.6. The Morgan fingerprint density at radius 1 is 1.03 bits per heavy atom. The van der Waals surface area contributed by atoms with Gasteiger partial charge in [-0.3, -0.25) is 9.59 Å². The molecule has 1 saturated heterocycles. The van der Waals surface area contributed by atoms with Gasteiger partial charge in [0, 0.05) is 25.5 Å². The molecule has 0 N–H and O–H groups in total. The highest BCUT2D eigenvalue weighted by Crippen LogP contribution is 2.65. The number of rotatable bonds is 2. The topological polar surface area (TPSA) is 71.1 Å². The highest BCUT2D eigenvalue weighted by molar-refractivity contribution is 5.72. The molecule has 0 aromatic heterocycles. The molecule has 5 rings (SSSR count). The number of carbonyl (C=O) groups excluding carboxylic acids is 2. The molecule has 1 aromatic carbocycles. The zero-order valence-electron chi connectivity index (χ0n) is 19.0. The minimum absolute atomic E-state index is 0.108. The Kier molecular flexibility index (Phi) is 4.76. The summed E-state index contributed by atoms with van der Waals surface area (Å²) in [6, 6.07) is 3.65. The number of ether oxygens (including phenoxy) is 4. The van der Waals surface area contributed by atoms with E-state index in [1.807, 2.05) is 19.9 Å². The highest BCUT2D eigenvalue weighted by atomic mass is 16.8. The number of carbonyl (C=O) groups is 2. The van der Waals surface area contributed by atoms with Crippen LogP contribution in [-0.2, 0) is 25.5 Å². The lowest BCUT2D eigenvalue weighted by molar-refractivity contribution is -0.178. The van der Waals surface area contributed by atoms with Gasteiger partial charge in [0.1, 0.15) is 11.5 Å². The second-order valence-corrected chi connectivity index (χ2v) is 10.5. The van der Waals surface area contributed by atoms with Gasteiger partial charge in [-0.1, -0.05) is 6.92 Å². The second kappa shape index (κ2) is 7.04. The van der Waals surface area contributed by atoms with Gasteiger partial charge < -0.3 is 18.9 Å². The fourth-order valence-corrected chi connectivity index (χ4v) is 7.08. The van der Waals surface area contributed by atoms with E-state index in [4.69, 9.17) is 18.9 Å². The summed E-state index contributed by atoms with van der Waals surface area (Å²) in [6.07, 6.45) is 5.37. The van der Waals surface area contributed by atoms with Gasteiger partial charge in [-0.15, -0.1) is 0 Å². The van der Waals surface area contributed by atoms with Gasteiger partial charge in [0.25, 0.3) is 0 Å². The van der Waals surface area contributed by atoms with Crippen LogP contribution in [0, 0.1) is 17.3 Å². The van der Waals surface area contributed by atoms with Crippen LogP contribution in [-0.4, -0.2) is 29.9 Å². The molecular weight excluding hydrogens is 396 g/mol. The van der Waals surface area contributed by atoms with Gasteiger partial charge in [0.05, 0.1) is 12.2 Å². The first-order valence-electron chi connectivity index (χ1n) is 11.5. The van der Waals surface area contributed by atoms with E-state index in [9.17, 15) is 9.59 Å².